The summed E-state index contributed by atoms with van der Waals surface area (Å²) in [6.45, 7) is 3.29. The first kappa shape index (κ1) is 11.9. The summed E-state index contributed by atoms with van der Waals surface area (Å²) in [6.07, 6.45) is 0. The minimum atomic E-state index is -0.488. The number of hydrogen-bond acceptors (Lipinski definition) is 5. The summed E-state index contributed by atoms with van der Waals surface area (Å²) >= 11 is 0. The van der Waals surface area contributed by atoms with Crippen molar-refractivity contribution in [3.8, 4) is 0 Å². The van der Waals surface area contributed by atoms with Crippen LogP contribution in [0.3, 0.4) is 0 Å². The Labute approximate surface area is 97.8 Å². The molecule has 1 aliphatic rings. The highest BCUT2D eigenvalue weighted by atomic mass is 16.5. The quantitative estimate of drug-likeness (QED) is 0.655. The molecule has 0 amide bonds. The molecule has 0 aliphatic carbocycles. The van der Waals surface area contributed by atoms with Crippen LogP contribution in [0.2, 0.25) is 0 Å². The summed E-state index contributed by atoms with van der Waals surface area (Å²) in [6, 6.07) is 0. The first-order valence-electron chi connectivity index (χ1n) is 5.47. The van der Waals surface area contributed by atoms with E-state index < -0.39 is 11.2 Å². The van der Waals surface area contributed by atoms with Crippen molar-refractivity contribution < 1.29 is 4.74 Å². The van der Waals surface area contributed by atoms with Crippen molar-refractivity contribution >= 4 is 5.82 Å². The van der Waals surface area contributed by atoms with E-state index >= 15 is 0 Å². The molecule has 1 fully saturated rings. The van der Waals surface area contributed by atoms with Gasteiger partial charge in [-0.2, -0.15) is 0 Å². The number of ether oxygens (including phenoxy) is 1. The van der Waals surface area contributed by atoms with Gasteiger partial charge < -0.3 is 10.5 Å². The third-order valence-corrected chi connectivity index (χ3v) is 2.96. The SMILES string of the molecule is Cn1c(N)c(CN2CCOCC2)c(=O)[nH]c1=O. The van der Waals surface area contributed by atoms with Gasteiger partial charge in [0.2, 0.25) is 0 Å². The number of hydrogen-bond donors (Lipinski definition) is 2. The number of nitrogens with two attached hydrogens (primary N) is 1. The van der Waals surface area contributed by atoms with E-state index in [4.69, 9.17) is 10.5 Å². The molecule has 0 saturated carbocycles. The average molecular weight is 240 g/mol. The van der Waals surface area contributed by atoms with Crippen molar-refractivity contribution in [3.05, 3.63) is 26.4 Å². The third-order valence-electron chi connectivity index (χ3n) is 2.96. The van der Waals surface area contributed by atoms with Gasteiger partial charge in [0.1, 0.15) is 5.82 Å². The summed E-state index contributed by atoms with van der Waals surface area (Å²) in [4.78, 5) is 27.3. The summed E-state index contributed by atoms with van der Waals surface area (Å²) in [7, 11) is 1.54. The number of aromatic amines is 1. The molecule has 0 radical (unpaired) electrons. The Kier molecular flexibility index (Phi) is 3.30. The van der Waals surface area contributed by atoms with Crippen molar-refractivity contribution in [1.29, 1.82) is 0 Å². The van der Waals surface area contributed by atoms with Crippen molar-refractivity contribution in [3.63, 3.8) is 0 Å². The zero-order chi connectivity index (χ0) is 12.4. The summed E-state index contributed by atoms with van der Waals surface area (Å²) in [5.41, 5.74) is 5.33. The largest absolute Gasteiger partial charge is 0.385 e. The standard InChI is InChI=1S/C10H16N4O3/c1-13-8(11)7(9(15)12-10(13)16)6-14-2-4-17-5-3-14/h2-6,11H2,1H3,(H,12,15,16). The van der Waals surface area contributed by atoms with E-state index in [1.165, 1.54) is 11.6 Å². The molecular weight excluding hydrogens is 224 g/mol. The number of rotatable bonds is 2. The van der Waals surface area contributed by atoms with Crippen LogP contribution in [-0.4, -0.2) is 40.8 Å². The second-order valence-corrected chi connectivity index (χ2v) is 4.07. The fourth-order valence-electron chi connectivity index (χ4n) is 1.82. The maximum atomic E-state index is 11.7. The van der Waals surface area contributed by atoms with Gasteiger partial charge in [-0.1, -0.05) is 0 Å². The fourth-order valence-corrected chi connectivity index (χ4v) is 1.82. The molecule has 7 heteroatoms. The van der Waals surface area contributed by atoms with Crippen LogP contribution < -0.4 is 17.0 Å². The van der Waals surface area contributed by atoms with Crippen molar-refractivity contribution in [2.75, 3.05) is 32.0 Å². The molecular formula is C10H16N4O3. The molecule has 0 atom stereocenters. The maximum absolute atomic E-state index is 11.7. The maximum Gasteiger partial charge on any atom is 0.329 e. The first-order chi connectivity index (χ1) is 8.09. The van der Waals surface area contributed by atoms with Gasteiger partial charge in [0.15, 0.2) is 0 Å². The van der Waals surface area contributed by atoms with Gasteiger partial charge in [-0.05, 0) is 0 Å². The predicted octanol–water partition coefficient (Wildman–Crippen LogP) is -1.51. The second-order valence-electron chi connectivity index (χ2n) is 4.07. The Morgan fingerprint density at radius 2 is 2.00 bits per heavy atom. The molecule has 1 saturated heterocycles. The molecule has 0 bridgehead atoms. The molecule has 0 aromatic carbocycles. The number of anilines is 1. The van der Waals surface area contributed by atoms with Gasteiger partial charge in [0.25, 0.3) is 5.56 Å². The molecule has 3 N–H and O–H groups in total. The number of nitrogen functional groups attached to an aromatic ring is 1. The molecule has 1 aromatic heterocycles. The lowest BCUT2D eigenvalue weighted by atomic mass is 10.2. The molecule has 1 aromatic rings. The highest BCUT2D eigenvalue weighted by Gasteiger charge is 2.16. The van der Waals surface area contributed by atoms with Crippen LogP contribution >= 0.6 is 0 Å². The molecule has 0 spiro atoms. The minimum absolute atomic E-state index is 0.227. The average Bonchev–Trinajstić information content (AvgIpc) is 2.33. The number of aromatic nitrogens is 2. The van der Waals surface area contributed by atoms with Crippen LogP contribution in [0.5, 0.6) is 0 Å². The summed E-state index contributed by atoms with van der Waals surface area (Å²) in [5.74, 6) is 0.227. The van der Waals surface area contributed by atoms with E-state index in [0.717, 1.165) is 13.1 Å². The van der Waals surface area contributed by atoms with Crippen molar-refractivity contribution in [2.45, 2.75) is 6.54 Å². The van der Waals surface area contributed by atoms with Crippen LogP contribution in [0.15, 0.2) is 9.59 Å². The smallest absolute Gasteiger partial charge is 0.329 e. The summed E-state index contributed by atoms with van der Waals surface area (Å²) in [5, 5.41) is 0. The van der Waals surface area contributed by atoms with Gasteiger partial charge in [-0.25, -0.2) is 4.79 Å². The van der Waals surface area contributed by atoms with E-state index in [2.05, 4.69) is 9.88 Å². The second kappa shape index (κ2) is 4.72. The van der Waals surface area contributed by atoms with Gasteiger partial charge in [0.05, 0.1) is 18.8 Å². The molecule has 7 nitrogen and oxygen atoms in total. The van der Waals surface area contributed by atoms with E-state index in [-0.39, 0.29) is 5.82 Å². The molecule has 94 valence electrons. The van der Waals surface area contributed by atoms with Crippen LogP contribution in [0, 0.1) is 0 Å². The monoisotopic (exact) mass is 240 g/mol. The number of H-pyrrole nitrogens is 1. The zero-order valence-corrected chi connectivity index (χ0v) is 9.73. The van der Waals surface area contributed by atoms with E-state index in [1.54, 1.807) is 0 Å². The Balaban J connectivity index is 2.29. The van der Waals surface area contributed by atoms with Gasteiger partial charge in [-0.15, -0.1) is 0 Å². The Morgan fingerprint density at radius 3 is 2.65 bits per heavy atom. The molecule has 17 heavy (non-hydrogen) atoms. The topological polar surface area (TPSA) is 93.3 Å². The van der Waals surface area contributed by atoms with Crippen molar-refractivity contribution in [2.24, 2.45) is 7.05 Å². The highest BCUT2D eigenvalue weighted by Crippen LogP contribution is 2.08. The summed E-state index contributed by atoms with van der Waals surface area (Å²) < 4.78 is 6.47. The zero-order valence-electron chi connectivity index (χ0n) is 9.73. The normalized spacial score (nSPS) is 17.2. The van der Waals surface area contributed by atoms with Crippen LogP contribution in [0.25, 0.3) is 0 Å². The van der Waals surface area contributed by atoms with Crippen LogP contribution in [-0.2, 0) is 18.3 Å². The Morgan fingerprint density at radius 1 is 1.35 bits per heavy atom. The van der Waals surface area contributed by atoms with E-state index in [0.29, 0.717) is 25.3 Å². The van der Waals surface area contributed by atoms with E-state index in [9.17, 15) is 9.59 Å². The highest BCUT2D eigenvalue weighted by molar-refractivity contribution is 5.37. The van der Waals surface area contributed by atoms with Gasteiger partial charge >= 0.3 is 5.69 Å². The van der Waals surface area contributed by atoms with Crippen molar-refractivity contribution in [1.82, 2.24) is 14.5 Å². The van der Waals surface area contributed by atoms with Gasteiger partial charge in [0, 0.05) is 26.7 Å². The lowest BCUT2D eigenvalue weighted by Gasteiger charge is -2.26. The molecule has 0 unspecified atom stereocenters. The molecule has 2 rings (SSSR count). The van der Waals surface area contributed by atoms with Gasteiger partial charge in [-0.3, -0.25) is 19.2 Å². The number of nitrogens with zero attached hydrogens (tertiary/aromatic N) is 2. The molecule has 1 aliphatic heterocycles. The predicted molar refractivity (Wildman–Crippen MR) is 62.8 cm³/mol. The van der Waals surface area contributed by atoms with Crippen LogP contribution in [0.4, 0.5) is 5.82 Å². The number of morpholine rings is 1. The minimum Gasteiger partial charge on any atom is -0.385 e. The lowest BCUT2D eigenvalue weighted by molar-refractivity contribution is 0.0340. The first-order valence-corrected chi connectivity index (χ1v) is 5.47. The fraction of sp³-hybridized carbons (Fsp3) is 0.600. The third kappa shape index (κ3) is 2.40. The Bertz CT molecular complexity index is 513. The molecule has 2 heterocycles. The number of nitrogens with one attached hydrogen (secondary N) is 1. The Hall–Kier alpha value is -1.60. The van der Waals surface area contributed by atoms with E-state index in [1.807, 2.05) is 0 Å². The lowest BCUT2D eigenvalue weighted by Crippen LogP contribution is -2.40. The van der Waals surface area contributed by atoms with Crippen LogP contribution in [0.1, 0.15) is 5.56 Å².